The van der Waals surface area contributed by atoms with Crippen LogP contribution in [0.3, 0.4) is 0 Å². The summed E-state index contributed by atoms with van der Waals surface area (Å²) in [5.74, 6) is 0.405. The zero-order valence-electron chi connectivity index (χ0n) is 4.14. The molecule has 35 valence electrons. The molecule has 0 aliphatic rings. The van der Waals surface area contributed by atoms with E-state index in [1.54, 1.807) is 6.08 Å². The van der Waals surface area contributed by atoms with Crippen LogP contribution in [0.1, 0.15) is 13.8 Å². The van der Waals surface area contributed by atoms with Crippen molar-refractivity contribution in [3.05, 3.63) is 12.3 Å². The molecule has 0 atom stereocenters. The quantitative estimate of drug-likeness (QED) is 0.431. The Balaban J connectivity index is 3.03. The molecule has 0 heterocycles. The van der Waals surface area contributed by atoms with Gasteiger partial charge in [-0.2, -0.15) is 0 Å². The molecule has 0 rings (SSSR count). The lowest BCUT2D eigenvalue weighted by Crippen LogP contribution is -1.73. The fourth-order valence-corrected chi connectivity index (χ4v) is 0.157. The second kappa shape index (κ2) is 2.76. The molecule has 1 heteroatoms. The van der Waals surface area contributed by atoms with Crippen molar-refractivity contribution < 1.29 is 5.11 Å². The fraction of sp³-hybridized carbons (Fsp3) is 0.600. The number of hydrogen-bond donors (Lipinski definition) is 0. The van der Waals surface area contributed by atoms with Gasteiger partial charge in [-0.15, -0.1) is 0 Å². The second-order valence-electron chi connectivity index (χ2n) is 1.57. The first-order valence-electron chi connectivity index (χ1n) is 2.06. The standard InChI is InChI=1S/C5H9O/c1-5(2)3-4-6/h3-5H,1-2H3/b4-3-. The van der Waals surface area contributed by atoms with E-state index in [9.17, 15) is 5.11 Å². The molecule has 0 aromatic rings. The molecule has 0 saturated carbocycles. The summed E-state index contributed by atoms with van der Waals surface area (Å²) in [5.41, 5.74) is 0. The van der Waals surface area contributed by atoms with Gasteiger partial charge in [0.05, 0.1) is 0 Å². The van der Waals surface area contributed by atoms with E-state index in [1.165, 1.54) is 0 Å². The van der Waals surface area contributed by atoms with E-state index in [1.807, 2.05) is 13.8 Å². The first-order chi connectivity index (χ1) is 2.77. The third-order valence-electron chi connectivity index (χ3n) is 0.463. The molecular weight excluding hydrogens is 76.1 g/mol. The van der Waals surface area contributed by atoms with Crippen molar-refractivity contribution in [3.63, 3.8) is 0 Å². The minimum absolute atomic E-state index is 0.405. The van der Waals surface area contributed by atoms with Crippen LogP contribution in [0.4, 0.5) is 0 Å². The zero-order chi connectivity index (χ0) is 4.99. The highest BCUT2D eigenvalue weighted by molar-refractivity contribution is 4.74. The normalized spacial score (nSPS) is 11.2. The van der Waals surface area contributed by atoms with Gasteiger partial charge in [-0.3, -0.25) is 5.11 Å². The molecule has 0 aliphatic carbocycles. The van der Waals surface area contributed by atoms with Crippen molar-refractivity contribution in [3.8, 4) is 0 Å². The van der Waals surface area contributed by atoms with E-state index < -0.39 is 0 Å². The van der Waals surface area contributed by atoms with Crippen LogP contribution in [0.25, 0.3) is 0 Å². The van der Waals surface area contributed by atoms with Crippen molar-refractivity contribution in [2.75, 3.05) is 0 Å². The van der Waals surface area contributed by atoms with Gasteiger partial charge in [0.2, 0.25) is 0 Å². The molecule has 0 saturated heterocycles. The average molecular weight is 85.1 g/mol. The van der Waals surface area contributed by atoms with Crippen LogP contribution in [-0.2, 0) is 5.11 Å². The predicted molar refractivity (Wildman–Crippen MR) is 24.7 cm³/mol. The van der Waals surface area contributed by atoms with E-state index >= 15 is 0 Å². The maximum atomic E-state index is 9.56. The predicted octanol–water partition coefficient (Wildman–Crippen LogP) is 1.59. The van der Waals surface area contributed by atoms with Crippen LogP contribution < -0.4 is 0 Å². The Hall–Kier alpha value is -0.460. The van der Waals surface area contributed by atoms with Gasteiger partial charge in [0.25, 0.3) is 0 Å². The molecule has 0 unspecified atom stereocenters. The minimum Gasteiger partial charge on any atom is -0.299 e. The van der Waals surface area contributed by atoms with Gasteiger partial charge < -0.3 is 0 Å². The average Bonchev–Trinajstić information content (AvgIpc) is 1.35. The fourth-order valence-electron chi connectivity index (χ4n) is 0.157. The summed E-state index contributed by atoms with van der Waals surface area (Å²) >= 11 is 0. The monoisotopic (exact) mass is 85.1 g/mol. The lowest BCUT2D eigenvalue weighted by Gasteiger charge is -1.84. The molecule has 0 amide bonds. The largest absolute Gasteiger partial charge is 0.299 e. The van der Waals surface area contributed by atoms with Crippen LogP contribution in [0, 0.1) is 5.92 Å². The molecule has 0 spiro atoms. The van der Waals surface area contributed by atoms with Crippen molar-refractivity contribution >= 4 is 0 Å². The van der Waals surface area contributed by atoms with Crippen LogP contribution in [0.15, 0.2) is 12.3 Å². The van der Waals surface area contributed by atoms with E-state index in [2.05, 4.69) is 0 Å². The summed E-state index contributed by atoms with van der Waals surface area (Å²) in [6, 6.07) is 0. The van der Waals surface area contributed by atoms with Gasteiger partial charge in [-0.25, -0.2) is 0 Å². The van der Waals surface area contributed by atoms with E-state index in [0.29, 0.717) is 5.92 Å². The Kier molecular flexibility index (Phi) is 2.55. The number of rotatable bonds is 1. The van der Waals surface area contributed by atoms with Crippen molar-refractivity contribution in [1.29, 1.82) is 0 Å². The van der Waals surface area contributed by atoms with Crippen LogP contribution in [-0.4, -0.2) is 0 Å². The molecule has 0 bridgehead atoms. The van der Waals surface area contributed by atoms with Crippen molar-refractivity contribution in [2.45, 2.75) is 13.8 Å². The first-order valence-corrected chi connectivity index (χ1v) is 2.06. The van der Waals surface area contributed by atoms with Gasteiger partial charge >= 0.3 is 0 Å². The van der Waals surface area contributed by atoms with Gasteiger partial charge in [-0.1, -0.05) is 13.8 Å². The Morgan fingerprint density at radius 3 is 2.00 bits per heavy atom. The lowest BCUT2D eigenvalue weighted by molar-refractivity contribution is 0.348. The zero-order valence-corrected chi connectivity index (χ0v) is 4.14. The Morgan fingerprint density at radius 1 is 1.50 bits per heavy atom. The summed E-state index contributed by atoms with van der Waals surface area (Å²) < 4.78 is 0. The smallest absolute Gasteiger partial charge is 0.139 e. The molecular formula is C5H9O. The molecule has 6 heavy (non-hydrogen) atoms. The van der Waals surface area contributed by atoms with Crippen LogP contribution in [0.5, 0.6) is 0 Å². The Labute approximate surface area is 38.3 Å². The highest BCUT2D eigenvalue weighted by Gasteiger charge is 1.78. The Morgan fingerprint density at radius 2 is 2.00 bits per heavy atom. The topological polar surface area (TPSA) is 19.9 Å². The highest BCUT2D eigenvalue weighted by Crippen LogP contribution is 1.90. The maximum Gasteiger partial charge on any atom is 0.139 e. The molecule has 0 N–H and O–H groups in total. The summed E-state index contributed by atoms with van der Waals surface area (Å²) in [4.78, 5) is 0. The molecule has 1 nitrogen and oxygen atoms in total. The van der Waals surface area contributed by atoms with E-state index in [4.69, 9.17) is 0 Å². The van der Waals surface area contributed by atoms with E-state index in [0.717, 1.165) is 6.26 Å². The molecule has 0 fully saturated rings. The number of allylic oxidation sites excluding steroid dienone is 1. The second-order valence-corrected chi connectivity index (χ2v) is 1.57. The molecule has 0 aliphatic heterocycles. The summed E-state index contributed by atoms with van der Waals surface area (Å²) in [7, 11) is 0. The Bertz CT molecular complexity index is 45.9. The maximum absolute atomic E-state index is 9.56. The third-order valence-corrected chi connectivity index (χ3v) is 0.463. The molecule has 1 radical (unpaired) electrons. The van der Waals surface area contributed by atoms with Gasteiger partial charge in [0.15, 0.2) is 0 Å². The summed E-state index contributed by atoms with van der Waals surface area (Å²) in [5, 5.41) is 9.56. The first kappa shape index (κ1) is 5.54. The van der Waals surface area contributed by atoms with Crippen molar-refractivity contribution in [1.82, 2.24) is 0 Å². The molecule has 0 aromatic carbocycles. The van der Waals surface area contributed by atoms with Crippen molar-refractivity contribution in [2.24, 2.45) is 5.92 Å². The van der Waals surface area contributed by atoms with Gasteiger partial charge in [0.1, 0.15) is 6.26 Å². The van der Waals surface area contributed by atoms with Crippen LogP contribution in [0.2, 0.25) is 0 Å². The van der Waals surface area contributed by atoms with Gasteiger partial charge in [-0.05, 0) is 12.0 Å². The van der Waals surface area contributed by atoms with E-state index in [-0.39, 0.29) is 0 Å². The minimum atomic E-state index is 0.405. The highest BCUT2D eigenvalue weighted by atomic mass is 16.2. The SMILES string of the molecule is CC(C)/C=C\[O]. The van der Waals surface area contributed by atoms with Gasteiger partial charge in [0, 0.05) is 0 Å². The summed E-state index contributed by atoms with van der Waals surface area (Å²) in [6.45, 7) is 3.93. The summed E-state index contributed by atoms with van der Waals surface area (Å²) in [6.07, 6.45) is 2.44. The molecule has 0 aromatic heterocycles. The third kappa shape index (κ3) is 3.54. The number of hydrogen-bond acceptors (Lipinski definition) is 0. The lowest BCUT2D eigenvalue weighted by atomic mass is 10.2. The van der Waals surface area contributed by atoms with Crippen LogP contribution >= 0.6 is 0 Å².